The second-order valence-corrected chi connectivity index (χ2v) is 3.39. The Hall–Kier alpha value is -0.530. The molecule has 1 heterocycles. The lowest BCUT2D eigenvalue weighted by atomic mass is 10.6. The van der Waals surface area contributed by atoms with Crippen molar-refractivity contribution in [2.24, 2.45) is 0 Å². The topological polar surface area (TPSA) is 36.7 Å². The zero-order valence-electron chi connectivity index (χ0n) is 4.79. The molecule has 0 aliphatic carbocycles. The van der Waals surface area contributed by atoms with E-state index in [1.807, 2.05) is 12.3 Å². The van der Waals surface area contributed by atoms with Crippen molar-refractivity contribution in [1.82, 2.24) is 4.98 Å². The average Bonchev–Trinajstić information content (AvgIpc) is 2.34. The van der Waals surface area contributed by atoms with E-state index in [0.29, 0.717) is 4.88 Å². The normalized spacial score (nSPS) is 8.89. The summed E-state index contributed by atoms with van der Waals surface area (Å²) in [5, 5.41) is 8.36. The van der Waals surface area contributed by atoms with Gasteiger partial charge in [-0.3, -0.25) is 0 Å². The molecule has 0 bridgehead atoms. The molecule has 0 saturated heterocycles. The average molecular weight is 156 g/mol. The lowest BCUT2D eigenvalue weighted by Crippen LogP contribution is -1.58. The van der Waals surface area contributed by atoms with Gasteiger partial charge in [-0.05, 0) is 6.26 Å². The molecule has 0 radical (unpaired) electrons. The van der Waals surface area contributed by atoms with E-state index in [-0.39, 0.29) is 0 Å². The van der Waals surface area contributed by atoms with Gasteiger partial charge in [0.25, 0.3) is 0 Å². The number of aromatic nitrogens is 1. The highest BCUT2D eigenvalue weighted by molar-refractivity contribution is 8.00. The van der Waals surface area contributed by atoms with Crippen molar-refractivity contribution in [3.05, 3.63) is 11.1 Å². The molecule has 46 valence electrons. The summed E-state index contributed by atoms with van der Waals surface area (Å²) in [6, 6.07) is 2.02. The van der Waals surface area contributed by atoms with Crippen LogP contribution in [0.3, 0.4) is 0 Å². The molecule has 0 N–H and O–H groups in total. The third kappa shape index (κ3) is 1.44. The van der Waals surface area contributed by atoms with Crippen molar-refractivity contribution in [2.45, 2.75) is 4.34 Å². The van der Waals surface area contributed by atoms with Crippen LogP contribution in [0.4, 0.5) is 0 Å². The van der Waals surface area contributed by atoms with E-state index in [2.05, 4.69) is 4.98 Å². The number of nitriles is 1. The minimum Gasteiger partial charge on any atom is -0.237 e. The first-order valence-electron chi connectivity index (χ1n) is 2.26. The van der Waals surface area contributed by atoms with Gasteiger partial charge in [0.15, 0.2) is 4.34 Å². The van der Waals surface area contributed by atoms with Crippen LogP contribution in [0.2, 0.25) is 0 Å². The predicted molar refractivity (Wildman–Crippen MR) is 38.6 cm³/mol. The summed E-state index contributed by atoms with van der Waals surface area (Å²) >= 11 is 2.98. The van der Waals surface area contributed by atoms with Gasteiger partial charge < -0.3 is 0 Å². The molecule has 0 aromatic carbocycles. The molecule has 2 nitrogen and oxygen atoms in total. The quantitative estimate of drug-likeness (QED) is 0.581. The van der Waals surface area contributed by atoms with Gasteiger partial charge >= 0.3 is 0 Å². The van der Waals surface area contributed by atoms with Gasteiger partial charge in [0.2, 0.25) is 0 Å². The largest absolute Gasteiger partial charge is 0.237 e. The highest BCUT2D eigenvalue weighted by Crippen LogP contribution is 2.20. The Morgan fingerprint density at radius 1 is 1.89 bits per heavy atom. The first-order valence-corrected chi connectivity index (χ1v) is 4.31. The Balaban J connectivity index is 2.90. The summed E-state index contributed by atoms with van der Waals surface area (Å²) in [4.78, 5) is 4.64. The van der Waals surface area contributed by atoms with Crippen LogP contribution in [-0.2, 0) is 0 Å². The summed E-state index contributed by atoms with van der Waals surface area (Å²) in [6.07, 6.45) is 3.54. The predicted octanol–water partition coefficient (Wildman–Crippen LogP) is 1.74. The molecule has 0 aliphatic rings. The summed E-state index contributed by atoms with van der Waals surface area (Å²) in [6.45, 7) is 0. The molecule has 1 rings (SSSR count). The number of nitrogens with zero attached hydrogens (tertiary/aromatic N) is 2. The Labute approximate surface area is 61.5 Å². The van der Waals surface area contributed by atoms with Crippen molar-refractivity contribution >= 4 is 23.1 Å². The van der Waals surface area contributed by atoms with E-state index in [1.54, 1.807) is 18.0 Å². The first kappa shape index (κ1) is 6.59. The van der Waals surface area contributed by atoms with Crippen LogP contribution in [-0.4, -0.2) is 11.2 Å². The van der Waals surface area contributed by atoms with Crippen molar-refractivity contribution in [1.29, 1.82) is 5.26 Å². The number of thiazole rings is 1. The third-order valence-corrected chi connectivity index (χ3v) is 2.67. The van der Waals surface area contributed by atoms with Crippen molar-refractivity contribution in [3.8, 4) is 6.07 Å². The first-order chi connectivity index (χ1) is 4.36. The SMILES string of the molecule is CSc1ncc(C#N)s1. The van der Waals surface area contributed by atoms with Gasteiger partial charge in [-0.15, -0.1) is 0 Å². The van der Waals surface area contributed by atoms with Crippen molar-refractivity contribution < 1.29 is 0 Å². The van der Waals surface area contributed by atoms with E-state index >= 15 is 0 Å². The van der Waals surface area contributed by atoms with Gasteiger partial charge in [0.05, 0.1) is 6.20 Å². The van der Waals surface area contributed by atoms with Crippen LogP contribution in [0, 0.1) is 11.3 Å². The molecule has 4 heteroatoms. The number of thioether (sulfide) groups is 1. The highest BCUT2D eigenvalue weighted by atomic mass is 32.2. The lowest BCUT2D eigenvalue weighted by molar-refractivity contribution is 1.25. The van der Waals surface area contributed by atoms with Crippen LogP contribution in [0.25, 0.3) is 0 Å². The second-order valence-electron chi connectivity index (χ2n) is 1.31. The highest BCUT2D eigenvalue weighted by Gasteiger charge is 1.96. The molecule has 0 aliphatic heterocycles. The molecule has 0 saturated carbocycles. The monoisotopic (exact) mass is 156 g/mol. The molecular weight excluding hydrogens is 152 g/mol. The van der Waals surface area contributed by atoms with E-state index in [0.717, 1.165) is 4.34 Å². The zero-order chi connectivity index (χ0) is 6.69. The molecule has 0 unspecified atom stereocenters. The molecule has 9 heavy (non-hydrogen) atoms. The molecule has 1 aromatic heterocycles. The fourth-order valence-electron chi connectivity index (χ4n) is 0.404. The van der Waals surface area contributed by atoms with Crippen LogP contribution < -0.4 is 0 Å². The lowest BCUT2D eigenvalue weighted by Gasteiger charge is -1.77. The van der Waals surface area contributed by atoms with E-state index < -0.39 is 0 Å². The molecule has 0 atom stereocenters. The molecule has 0 spiro atoms. The van der Waals surface area contributed by atoms with Gasteiger partial charge in [-0.1, -0.05) is 23.1 Å². The van der Waals surface area contributed by atoms with Crippen molar-refractivity contribution in [3.63, 3.8) is 0 Å². The molecular formula is C5H4N2S2. The standard InChI is InChI=1S/C5H4N2S2/c1-8-5-7-3-4(2-6)9-5/h3H,1H3. The fourth-order valence-corrected chi connectivity index (χ4v) is 1.61. The fraction of sp³-hybridized carbons (Fsp3) is 0.200. The Kier molecular flexibility index (Phi) is 2.09. The van der Waals surface area contributed by atoms with Crippen LogP contribution in [0.1, 0.15) is 4.88 Å². The van der Waals surface area contributed by atoms with Crippen molar-refractivity contribution in [2.75, 3.05) is 6.26 Å². The number of hydrogen-bond donors (Lipinski definition) is 0. The zero-order valence-corrected chi connectivity index (χ0v) is 6.42. The summed E-state index contributed by atoms with van der Waals surface area (Å²) < 4.78 is 0.951. The minimum absolute atomic E-state index is 0.680. The van der Waals surface area contributed by atoms with E-state index in [4.69, 9.17) is 5.26 Å². The van der Waals surface area contributed by atoms with Crippen LogP contribution in [0.15, 0.2) is 10.5 Å². The Morgan fingerprint density at radius 3 is 3.00 bits per heavy atom. The maximum Gasteiger partial charge on any atom is 0.150 e. The van der Waals surface area contributed by atoms with E-state index in [1.165, 1.54) is 11.3 Å². The molecule has 0 fully saturated rings. The number of hydrogen-bond acceptors (Lipinski definition) is 4. The van der Waals surface area contributed by atoms with Crippen LogP contribution >= 0.6 is 23.1 Å². The molecule has 1 aromatic rings. The minimum atomic E-state index is 0.680. The third-order valence-electron chi connectivity index (χ3n) is 0.769. The smallest absolute Gasteiger partial charge is 0.150 e. The van der Waals surface area contributed by atoms with Gasteiger partial charge in [0.1, 0.15) is 10.9 Å². The Bertz CT molecular complexity index is 235. The van der Waals surface area contributed by atoms with Gasteiger partial charge in [-0.2, -0.15) is 5.26 Å². The van der Waals surface area contributed by atoms with Gasteiger partial charge in [0, 0.05) is 0 Å². The molecule has 0 amide bonds. The Morgan fingerprint density at radius 2 is 2.67 bits per heavy atom. The van der Waals surface area contributed by atoms with Crippen LogP contribution in [0.5, 0.6) is 0 Å². The maximum atomic E-state index is 8.36. The number of rotatable bonds is 1. The maximum absolute atomic E-state index is 8.36. The summed E-state index contributed by atoms with van der Waals surface area (Å²) in [5.74, 6) is 0. The summed E-state index contributed by atoms with van der Waals surface area (Å²) in [7, 11) is 0. The van der Waals surface area contributed by atoms with Gasteiger partial charge in [-0.25, -0.2) is 4.98 Å². The summed E-state index contributed by atoms with van der Waals surface area (Å²) in [5.41, 5.74) is 0. The van der Waals surface area contributed by atoms with E-state index in [9.17, 15) is 0 Å². The second kappa shape index (κ2) is 2.85.